The Morgan fingerprint density at radius 3 is 2.68 bits per heavy atom. The van der Waals surface area contributed by atoms with Crippen LogP contribution in [0.3, 0.4) is 0 Å². The summed E-state index contributed by atoms with van der Waals surface area (Å²) in [7, 11) is 0. The molecule has 2 rings (SSSR count). The minimum atomic E-state index is 0.156. The van der Waals surface area contributed by atoms with Crippen molar-refractivity contribution < 1.29 is 0 Å². The van der Waals surface area contributed by atoms with Crippen molar-refractivity contribution in [1.29, 1.82) is 0 Å². The number of aryl methyl sites for hydroxylation is 1. The van der Waals surface area contributed by atoms with Crippen molar-refractivity contribution in [1.82, 2.24) is 5.32 Å². The van der Waals surface area contributed by atoms with Gasteiger partial charge >= 0.3 is 0 Å². The molecule has 0 bridgehead atoms. The third-order valence-electron chi connectivity index (χ3n) is 4.43. The van der Waals surface area contributed by atoms with Gasteiger partial charge in [-0.05, 0) is 25.3 Å². The van der Waals surface area contributed by atoms with E-state index >= 15 is 0 Å². The van der Waals surface area contributed by atoms with Crippen molar-refractivity contribution in [2.75, 3.05) is 6.54 Å². The first-order chi connectivity index (χ1) is 8.99. The van der Waals surface area contributed by atoms with Crippen molar-refractivity contribution in [3.8, 4) is 0 Å². The number of benzene rings is 1. The van der Waals surface area contributed by atoms with Gasteiger partial charge in [-0.3, -0.25) is 0 Å². The molecule has 1 aromatic rings. The van der Waals surface area contributed by atoms with E-state index < -0.39 is 0 Å². The summed E-state index contributed by atoms with van der Waals surface area (Å²) in [6, 6.07) is 9.67. The van der Waals surface area contributed by atoms with Gasteiger partial charge in [0.25, 0.3) is 0 Å². The average Bonchev–Trinajstić information content (AvgIpc) is 2.38. The Labute approximate surface area is 117 Å². The lowest BCUT2D eigenvalue weighted by molar-refractivity contribution is 0.306. The number of hydrogen-bond donors (Lipinski definition) is 2. The molecule has 1 fully saturated rings. The fraction of sp³-hybridized carbons (Fsp3) is 0.647. The second-order valence-corrected chi connectivity index (χ2v) is 6.69. The molecule has 2 heteroatoms. The number of nitrogens with two attached hydrogens (primary N) is 1. The van der Waals surface area contributed by atoms with Crippen molar-refractivity contribution in [3.05, 3.63) is 35.4 Å². The molecular weight excluding hydrogens is 232 g/mol. The van der Waals surface area contributed by atoms with Crippen LogP contribution >= 0.6 is 0 Å². The van der Waals surface area contributed by atoms with Crippen LogP contribution in [-0.2, 0) is 5.41 Å². The van der Waals surface area contributed by atoms with E-state index in [1.54, 1.807) is 0 Å². The molecule has 1 aliphatic rings. The fourth-order valence-electron chi connectivity index (χ4n) is 2.97. The van der Waals surface area contributed by atoms with Crippen LogP contribution in [0.2, 0.25) is 0 Å². The third kappa shape index (κ3) is 3.80. The largest absolute Gasteiger partial charge is 0.326 e. The van der Waals surface area contributed by atoms with Crippen molar-refractivity contribution in [3.63, 3.8) is 0 Å². The van der Waals surface area contributed by atoms with Gasteiger partial charge < -0.3 is 11.1 Å². The summed E-state index contributed by atoms with van der Waals surface area (Å²) in [6.45, 7) is 7.77. The van der Waals surface area contributed by atoms with Crippen molar-refractivity contribution in [2.24, 2.45) is 5.73 Å². The highest BCUT2D eigenvalue weighted by atomic mass is 15.0. The van der Waals surface area contributed by atoms with Crippen LogP contribution in [0.4, 0.5) is 0 Å². The fourth-order valence-corrected chi connectivity index (χ4v) is 2.97. The van der Waals surface area contributed by atoms with E-state index in [1.165, 1.54) is 36.8 Å². The summed E-state index contributed by atoms with van der Waals surface area (Å²) in [5.74, 6) is 0. The predicted molar refractivity (Wildman–Crippen MR) is 82.4 cm³/mol. The quantitative estimate of drug-likeness (QED) is 0.873. The first-order valence-corrected chi connectivity index (χ1v) is 7.55. The molecule has 0 aromatic heterocycles. The Balaban J connectivity index is 1.97. The Bertz CT molecular complexity index is 411. The first-order valence-electron chi connectivity index (χ1n) is 7.55. The summed E-state index contributed by atoms with van der Waals surface area (Å²) in [5.41, 5.74) is 9.10. The SMILES string of the molecule is Cc1cccc(C(C)(C)CNC2CCCCC2N)c1. The van der Waals surface area contributed by atoms with Crippen LogP contribution in [0, 0.1) is 6.92 Å². The topological polar surface area (TPSA) is 38.0 Å². The van der Waals surface area contributed by atoms with Crippen LogP contribution in [0.15, 0.2) is 24.3 Å². The Kier molecular flexibility index (Phi) is 4.64. The molecule has 2 atom stereocenters. The van der Waals surface area contributed by atoms with Crippen LogP contribution in [0.1, 0.15) is 50.7 Å². The van der Waals surface area contributed by atoms with Gasteiger partial charge in [-0.25, -0.2) is 0 Å². The lowest BCUT2D eigenvalue weighted by atomic mass is 9.82. The monoisotopic (exact) mass is 260 g/mol. The minimum Gasteiger partial charge on any atom is -0.326 e. The number of nitrogens with one attached hydrogen (secondary N) is 1. The molecule has 0 radical (unpaired) electrons. The lowest BCUT2D eigenvalue weighted by Crippen LogP contribution is -2.50. The maximum absolute atomic E-state index is 6.21. The highest BCUT2D eigenvalue weighted by Crippen LogP contribution is 2.24. The zero-order valence-electron chi connectivity index (χ0n) is 12.6. The second-order valence-electron chi connectivity index (χ2n) is 6.69. The van der Waals surface area contributed by atoms with E-state index in [0.29, 0.717) is 12.1 Å². The van der Waals surface area contributed by atoms with Crippen LogP contribution in [0.25, 0.3) is 0 Å². The summed E-state index contributed by atoms with van der Waals surface area (Å²) < 4.78 is 0. The summed E-state index contributed by atoms with van der Waals surface area (Å²) >= 11 is 0. The molecule has 2 unspecified atom stereocenters. The minimum absolute atomic E-state index is 0.156. The number of hydrogen-bond acceptors (Lipinski definition) is 2. The first kappa shape index (κ1) is 14.5. The van der Waals surface area contributed by atoms with Gasteiger partial charge in [-0.2, -0.15) is 0 Å². The molecule has 2 nitrogen and oxygen atoms in total. The van der Waals surface area contributed by atoms with Gasteiger partial charge in [0.2, 0.25) is 0 Å². The van der Waals surface area contributed by atoms with Crippen molar-refractivity contribution >= 4 is 0 Å². The zero-order chi connectivity index (χ0) is 13.9. The summed E-state index contributed by atoms with van der Waals surface area (Å²) in [4.78, 5) is 0. The zero-order valence-corrected chi connectivity index (χ0v) is 12.6. The molecule has 1 aromatic carbocycles. The van der Waals surface area contributed by atoms with Gasteiger partial charge in [0.15, 0.2) is 0 Å². The molecule has 1 aliphatic carbocycles. The molecule has 0 aliphatic heterocycles. The van der Waals surface area contributed by atoms with Gasteiger partial charge in [-0.1, -0.05) is 56.5 Å². The Hall–Kier alpha value is -0.860. The van der Waals surface area contributed by atoms with Gasteiger partial charge in [-0.15, -0.1) is 0 Å². The maximum atomic E-state index is 6.21. The van der Waals surface area contributed by atoms with E-state index in [4.69, 9.17) is 5.73 Å². The molecule has 0 amide bonds. The smallest absolute Gasteiger partial charge is 0.0219 e. The Morgan fingerprint density at radius 2 is 2.00 bits per heavy atom. The molecule has 19 heavy (non-hydrogen) atoms. The van der Waals surface area contributed by atoms with Gasteiger partial charge in [0.1, 0.15) is 0 Å². The highest BCUT2D eigenvalue weighted by molar-refractivity contribution is 5.28. The van der Waals surface area contributed by atoms with E-state index in [-0.39, 0.29) is 5.41 Å². The summed E-state index contributed by atoms with van der Waals surface area (Å²) in [5, 5.41) is 3.70. The summed E-state index contributed by atoms with van der Waals surface area (Å²) in [6.07, 6.45) is 5.00. The highest BCUT2D eigenvalue weighted by Gasteiger charge is 2.26. The van der Waals surface area contributed by atoms with E-state index in [1.807, 2.05) is 0 Å². The van der Waals surface area contributed by atoms with Crippen LogP contribution < -0.4 is 11.1 Å². The standard InChI is InChI=1S/C17H28N2/c1-13-7-6-8-14(11-13)17(2,3)12-19-16-10-5-4-9-15(16)18/h6-8,11,15-16,19H,4-5,9-10,12,18H2,1-3H3. The predicted octanol–water partition coefficient (Wildman–Crippen LogP) is 3.13. The molecule has 3 N–H and O–H groups in total. The van der Waals surface area contributed by atoms with Crippen LogP contribution in [0.5, 0.6) is 0 Å². The molecular formula is C17H28N2. The number of rotatable bonds is 4. The Morgan fingerprint density at radius 1 is 1.26 bits per heavy atom. The van der Waals surface area contributed by atoms with E-state index in [9.17, 15) is 0 Å². The molecule has 106 valence electrons. The van der Waals surface area contributed by atoms with Crippen LogP contribution in [-0.4, -0.2) is 18.6 Å². The molecule has 0 spiro atoms. The lowest BCUT2D eigenvalue weighted by Gasteiger charge is -2.34. The van der Waals surface area contributed by atoms with Crippen molar-refractivity contribution in [2.45, 2.75) is 64.0 Å². The molecule has 1 saturated carbocycles. The van der Waals surface area contributed by atoms with E-state index in [0.717, 1.165) is 6.54 Å². The third-order valence-corrected chi connectivity index (χ3v) is 4.43. The molecule has 0 heterocycles. The van der Waals surface area contributed by atoms with Gasteiger partial charge in [0, 0.05) is 24.0 Å². The van der Waals surface area contributed by atoms with Gasteiger partial charge in [0.05, 0.1) is 0 Å². The maximum Gasteiger partial charge on any atom is 0.0219 e. The average molecular weight is 260 g/mol. The second kappa shape index (κ2) is 6.06. The van der Waals surface area contributed by atoms with E-state index in [2.05, 4.69) is 50.4 Å². The normalized spacial score (nSPS) is 24.4. The molecule has 0 saturated heterocycles.